The van der Waals surface area contributed by atoms with Crippen LogP contribution in [-0.2, 0) is 4.74 Å². The van der Waals surface area contributed by atoms with Crippen LogP contribution in [-0.4, -0.2) is 42.2 Å². The van der Waals surface area contributed by atoms with Crippen LogP contribution in [0.15, 0.2) is 36.4 Å². The number of hydrogen-bond donors (Lipinski definition) is 0. The summed E-state index contributed by atoms with van der Waals surface area (Å²) in [6.45, 7) is 2.61. The van der Waals surface area contributed by atoms with Crippen molar-refractivity contribution >= 4 is 38.3 Å². The van der Waals surface area contributed by atoms with Gasteiger partial charge >= 0.3 is 5.97 Å². The van der Waals surface area contributed by atoms with Crippen molar-refractivity contribution in [3.05, 3.63) is 57.6 Å². The van der Waals surface area contributed by atoms with Gasteiger partial charge in [-0.3, -0.25) is 10.1 Å². The minimum Gasteiger partial charge on any atom is -0.494 e. The van der Waals surface area contributed by atoms with Gasteiger partial charge in [-0.1, -0.05) is 23.5 Å². The molecule has 1 aliphatic rings. The molecule has 2 aromatic carbocycles. The molecule has 1 aliphatic heterocycles. The van der Waals surface area contributed by atoms with Gasteiger partial charge in [0.25, 0.3) is 5.69 Å². The van der Waals surface area contributed by atoms with Crippen molar-refractivity contribution in [3.8, 4) is 5.75 Å². The first-order valence-corrected chi connectivity index (χ1v) is 9.43. The van der Waals surface area contributed by atoms with Crippen molar-refractivity contribution in [2.45, 2.75) is 13.0 Å². The zero-order valence-corrected chi connectivity index (χ0v) is 16.1. The third-order valence-corrected chi connectivity index (χ3v) is 5.79. The normalized spacial score (nSPS) is 14.0. The number of nitrogens with zero attached hydrogens (tertiary/aromatic N) is 3. The zero-order chi connectivity index (χ0) is 19.8. The Morgan fingerprint density at radius 2 is 2.04 bits per heavy atom. The highest BCUT2D eigenvalue weighted by Crippen LogP contribution is 2.36. The van der Waals surface area contributed by atoms with E-state index in [1.54, 1.807) is 31.4 Å². The summed E-state index contributed by atoms with van der Waals surface area (Å²) in [4.78, 5) is 29.6. The van der Waals surface area contributed by atoms with Crippen molar-refractivity contribution in [2.24, 2.45) is 0 Å². The molecule has 1 aromatic heterocycles. The Balaban J connectivity index is 1.43. The molecule has 4 rings (SSSR count). The molecule has 0 bridgehead atoms. The summed E-state index contributed by atoms with van der Waals surface area (Å²) in [5, 5.41) is 11.9. The van der Waals surface area contributed by atoms with E-state index in [4.69, 9.17) is 9.47 Å². The van der Waals surface area contributed by atoms with E-state index in [0.717, 1.165) is 21.1 Å². The van der Waals surface area contributed by atoms with Crippen molar-refractivity contribution in [3.63, 3.8) is 0 Å². The van der Waals surface area contributed by atoms with Gasteiger partial charge in [0.15, 0.2) is 5.13 Å². The van der Waals surface area contributed by atoms with Gasteiger partial charge in [-0.25, -0.2) is 9.78 Å². The molecule has 28 heavy (non-hydrogen) atoms. The molecule has 0 radical (unpaired) electrons. The molecule has 1 saturated heterocycles. The Morgan fingerprint density at radius 3 is 2.75 bits per heavy atom. The van der Waals surface area contributed by atoms with Crippen LogP contribution in [0.25, 0.3) is 10.2 Å². The molecular weight excluding hydrogens is 382 g/mol. The van der Waals surface area contributed by atoms with Crippen LogP contribution in [0.1, 0.15) is 15.9 Å². The maximum absolute atomic E-state index is 12.4. The Morgan fingerprint density at radius 1 is 1.29 bits per heavy atom. The first-order valence-electron chi connectivity index (χ1n) is 8.61. The van der Waals surface area contributed by atoms with Gasteiger partial charge in [0.1, 0.15) is 17.4 Å². The second-order valence-electron chi connectivity index (χ2n) is 6.44. The highest BCUT2D eigenvalue weighted by Gasteiger charge is 2.33. The van der Waals surface area contributed by atoms with E-state index in [2.05, 4.69) is 4.98 Å². The summed E-state index contributed by atoms with van der Waals surface area (Å²) in [6, 6.07) is 10.2. The monoisotopic (exact) mass is 399 g/mol. The summed E-state index contributed by atoms with van der Waals surface area (Å²) in [5.41, 5.74) is 1.26. The van der Waals surface area contributed by atoms with Gasteiger partial charge in [0, 0.05) is 11.6 Å². The fourth-order valence-corrected chi connectivity index (χ4v) is 4.14. The number of aromatic nitrogens is 1. The lowest BCUT2D eigenvalue weighted by molar-refractivity contribution is -0.385. The lowest BCUT2D eigenvalue weighted by Crippen LogP contribution is -2.53. The molecule has 0 atom stereocenters. The summed E-state index contributed by atoms with van der Waals surface area (Å²) in [6.07, 6.45) is -0.278. The molecule has 2 heterocycles. The first kappa shape index (κ1) is 18.2. The predicted molar refractivity (Wildman–Crippen MR) is 105 cm³/mol. The van der Waals surface area contributed by atoms with Crippen molar-refractivity contribution in [1.29, 1.82) is 0 Å². The van der Waals surface area contributed by atoms with Gasteiger partial charge < -0.3 is 14.4 Å². The quantitative estimate of drug-likeness (QED) is 0.368. The first-order chi connectivity index (χ1) is 13.5. The topological polar surface area (TPSA) is 94.8 Å². The number of anilines is 1. The summed E-state index contributed by atoms with van der Waals surface area (Å²) in [5.74, 6) is 0.182. The predicted octanol–water partition coefficient (Wildman–Crippen LogP) is 3.57. The van der Waals surface area contributed by atoms with Gasteiger partial charge in [-0.05, 0) is 25.1 Å². The second-order valence-corrected chi connectivity index (χ2v) is 7.45. The number of para-hydroxylation sites is 1. The minimum atomic E-state index is -0.545. The summed E-state index contributed by atoms with van der Waals surface area (Å²) < 4.78 is 11.9. The van der Waals surface area contributed by atoms with E-state index >= 15 is 0 Å². The van der Waals surface area contributed by atoms with Crippen LogP contribution in [0.5, 0.6) is 5.75 Å². The van der Waals surface area contributed by atoms with Crippen LogP contribution in [0.2, 0.25) is 0 Å². The van der Waals surface area contributed by atoms with Crippen LogP contribution >= 0.6 is 11.3 Å². The fourth-order valence-electron chi connectivity index (χ4n) is 3.14. The molecule has 0 N–H and O–H groups in total. The van der Waals surface area contributed by atoms with Gasteiger partial charge in [0.05, 0.1) is 35.4 Å². The smallest absolute Gasteiger partial charge is 0.339 e. The third-order valence-electron chi connectivity index (χ3n) is 4.70. The number of carbonyl (C=O) groups excluding carboxylic acids is 1. The number of benzene rings is 2. The lowest BCUT2D eigenvalue weighted by Gasteiger charge is -2.38. The van der Waals surface area contributed by atoms with Crippen LogP contribution in [0, 0.1) is 17.0 Å². The average Bonchev–Trinajstić information content (AvgIpc) is 3.07. The van der Waals surface area contributed by atoms with Crippen LogP contribution < -0.4 is 9.64 Å². The average molecular weight is 399 g/mol. The number of esters is 1. The minimum absolute atomic E-state index is 0.0897. The Bertz CT molecular complexity index is 1070. The summed E-state index contributed by atoms with van der Waals surface area (Å²) in [7, 11) is 1.61. The highest BCUT2D eigenvalue weighted by molar-refractivity contribution is 7.22. The molecule has 9 heteroatoms. The number of carbonyl (C=O) groups is 1. The van der Waals surface area contributed by atoms with Crippen molar-refractivity contribution in [1.82, 2.24) is 4.98 Å². The number of nitro groups is 1. The van der Waals surface area contributed by atoms with Crippen LogP contribution in [0.3, 0.4) is 0 Å². The fraction of sp³-hybridized carbons (Fsp3) is 0.263. The third kappa shape index (κ3) is 3.13. The molecular formula is C19H17N3O5S. The van der Waals surface area contributed by atoms with E-state index in [1.165, 1.54) is 12.1 Å². The highest BCUT2D eigenvalue weighted by atomic mass is 32.1. The second kappa shape index (κ2) is 7.08. The Hall–Kier alpha value is -3.20. The standard InChI is InChI=1S/C19H17N3O5S/c1-11-13(5-3-6-14(11)22(24)25)18(23)27-12-9-21(10-12)19-20-17-15(26-2)7-4-8-16(17)28-19/h3-8,12H,9-10H2,1-2H3. The lowest BCUT2D eigenvalue weighted by atomic mass is 10.1. The Labute approximate surface area is 164 Å². The molecule has 0 unspecified atom stereocenters. The van der Waals surface area contributed by atoms with Crippen LogP contribution in [0.4, 0.5) is 10.8 Å². The molecule has 1 fully saturated rings. The number of hydrogen-bond acceptors (Lipinski definition) is 8. The number of fused-ring (bicyclic) bond motifs is 1. The van der Waals surface area contributed by atoms with E-state index in [1.807, 2.05) is 23.1 Å². The number of ether oxygens (including phenoxy) is 2. The SMILES string of the molecule is COc1cccc2sc(N3CC(OC(=O)c4cccc([N+](=O)[O-])c4C)C3)nc12. The molecule has 3 aromatic rings. The number of nitro benzene ring substituents is 1. The van der Waals surface area contributed by atoms with Gasteiger partial charge in [-0.2, -0.15) is 0 Å². The van der Waals surface area contributed by atoms with E-state index < -0.39 is 10.9 Å². The van der Waals surface area contributed by atoms with E-state index in [0.29, 0.717) is 18.7 Å². The molecule has 144 valence electrons. The number of rotatable bonds is 5. The van der Waals surface area contributed by atoms with Crippen molar-refractivity contribution < 1.29 is 19.2 Å². The largest absolute Gasteiger partial charge is 0.494 e. The van der Waals surface area contributed by atoms with E-state index in [9.17, 15) is 14.9 Å². The Kier molecular flexibility index (Phi) is 4.60. The number of methoxy groups -OCH3 is 1. The molecule has 0 amide bonds. The molecule has 0 spiro atoms. The van der Waals surface area contributed by atoms with Gasteiger partial charge in [0.2, 0.25) is 0 Å². The molecule has 8 nitrogen and oxygen atoms in total. The summed E-state index contributed by atoms with van der Waals surface area (Å²) >= 11 is 1.56. The van der Waals surface area contributed by atoms with Crippen molar-refractivity contribution in [2.75, 3.05) is 25.1 Å². The maximum Gasteiger partial charge on any atom is 0.339 e. The zero-order valence-electron chi connectivity index (χ0n) is 15.2. The van der Waals surface area contributed by atoms with Gasteiger partial charge in [-0.15, -0.1) is 0 Å². The van der Waals surface area contributed by atoms with E-state index in [-0.39, 0.29) is 17.4 Å². The molecule has 0 saturated carbocycles. The maximum atomic E-state index is 12.4. The number of thiazole rings is 1. The molecule has 0 aliphatic carbocycles.